The summed E-state index contributed by atoms with van der Waals surface area (Å²) < 4.78 is 0. The smallest absolute Gasteiger partial charge is 0.325 e. The summed E-state index contributed by atoms with van der Waals surface area (Å²) in [6, 6.07) is -0.595. The molecule has 19 heavy (non-hydrogen) atoms. The molecule has 106 valence electrons. The Bertz CT molecular complexity index is 435. The van der Waals surface area contributed by atoms with Crippen LogP contribution >= 0.6 is 0 Å². The van der Waals surface area contributed by atoms with Crippen molar-refractivity contribution in [3.8, 4) is 0 Å². The largest absolute Gasteiger partial charge is 0.391 e. The van der Waals surface area contributed by atoms with Gasteiger partial charge in [-0.1, -0.05) is 0 Å². The van der Waals surface area contributed by atoms with E-state index < -0.39 is 23.6 Å². The molecule has 2 rings (SSSR count). The summed E-state index contributed by atoms with van der Waals surface area (Å²) in [7, 11) is 0. The van der Waals surface area contributed by atoms with Crippen LogP contribution in [-0.2, 0) is 9.59 Å². The SMILES string of the molecule is CC1CC(O)CN1C(=O)CN1C(=O)NC(=O)C1(C)C. The Morgan fingerprint density at radius 2 is 2.11 bits per heavy atom. The number of aliphatic hydroxyl groups excluding tert-OH is 1. The van der Waals surface area contributed by atoms with Crippen molar-refractivity contribution in [1.82, 2.24) is 15.1 Å². The van der Waals surface area contributed by atoms with Gasteiger partial charge in [0.1, 0.15) is 12.1 Å². The van der Waals surface area contributed by atoms with E-state index in [1.54, 1.807) is 18.7 Å². The minimum Gasteiger partial charge on any atom is -0.391 e. The number of nitrogens with one attached hydrogen (secondary N) is 1. The molecule has 2 fully saturated rings. The van der Waals surface area contributed by atoms with Gasteiger partial charge in [-0.2, -0.15) is 0 Å². The van der Waals surface area contributed by atoms with Gasteiger partial charge >= 0.3 is 6.03 Å². The summed E-state index contributed by atoms with van der Waals surface area (Å²) >= 11 is 0. The van der Waals surface area contributed by atoms with E-state index in [9.17, 15) is 19.5 Å². The highest BCUT2D eigenvalue weighted by Crippen LogP contribution is 2.23. The Morgan fingerprint density at radius 1 is 1.47 bits per heavy atom. The van der Waals surface area contributed by atoms with E-state index in [-0.39, 0.29) is 25.0 Å². The summed E-state index contributed by atoms with van der Waals surface area (Å²) in [5.74, 6) is -0.651. The van der Waals surface area contributed by atoms with E-state index in [4.69, 9.17) is 0 Å². The fourth-order valence-corrected chi connectivity index (χ4v) is 2.54. The van der Waals surface area contributed by atoms with Crippen molar-refractivity contribution in [1.29, 1.82) is 0 Å². The van der Waals surface area contributed by atoms with Gasteiger partial charge in [-0.15, -0.1) is 0 Å². The van der Waals surface area contributed by atoms with Crippen LogP contribution in [0, 0.1) is 0 Å². The minimum atomic E-state index is -1.02. The molecule has 2 aliphatic heterocycles. The lowest BCUT2D eigenvalue weighted by molar-refractivity contribution is -0.134. The molecule has 0 spiro atoms. The number of imide groups is 1. The highest BCUT2D eigenvalue weighted by atomic mass is 16.3. The van der Waals surface area contributed by atoms with Crippen molar-refractivity contribution >= 4 is 17.8 Å². The van der Waals surface area contributed by atoms with Crippen LogP contribution in [0.2, 0.25) is 0 Å². The third-order valence-electron chi connectivity index (χ3n) is 3.86. The second-order valence-electron chi connectivity index (χ2n) is 5.69. The van der Waals surface area contributed by atoms with E-state index in [0.717, 1.165) is 0 Å². The molecule has 2 heterocycles. The van der Waals surface area contributed by atoms with Crippen molar-refractivity contribution in [2.24, 2.45) is 0 Å². The first kappa shape index (κ1) is 13.8. The fraction of sp³-hybridized carbons (Fsp3) is 0.750. The Labute approximate surface area is 111 Å². The van der Waals surface area contributed by atoms with E-state index in [0.29, 0.717) is 6.42 Å². The lowest BCUT2D eigenvalue weighted by Gasteiger charge is -2.30. The van der Waals surface area contributed by atoms with Gasteiger partial charge in [0, 0.05) is 12.6 Å². The number of hydrogen-bond donors (Lipinski definition) is 2. The van der Waals surface area contributed by atoms with Crippen LogP contribution in [0.3, 0.4) is 0 Å². The number of nitrogens with zero attached hydrogens (tertiary/aromatic N) is 2. The summed E-state index contributed by atoms with van der Waals surface area (Å²) in [6.45, 7) is 5.19. The van der Waals surface area contributed by atoms with E-state index in [1.807, 2.05) is 6.92 Å². The van der Waals surface area contributed by atoms with Crippen LogP contribution in [0.25, 0.3) is 0 Å². The average molecular weight is 269 g/mol. The first-order valence-electron chi connectivity index (χ1n) is 6.34. The number of carbonyl (C=O) groups is 3. The molecule has 7 heteroatoms. The predicted octanol–water partition coefficient (Wildman–Crippen LogP) is -0.701. The predicted molar refractivity (Wildman–Crippen MR) is 66.1 cm³/mol. The van der Waals surface area contributed by atoms with Crippen LogP contribution in [-0.4, -0.2) is 63.5 Å². The van der Waals surface area contributed by atoms with E-state index >= 15 is 0 Å². The highest BCUT2D eigenvalue weighted by molar-refractivity contribution is 6.07. The molecular weight excluding hydrogens is 250 g/mol. The molecule has 0 bridgehead atoms. The molecule has 2 atom stereocenters. The average Bonchev–Trinajstić information content (AvgIpc) is 2.71. The number of hydrogen-bond acceptors (Lipinski definition) is 4. The number of likely N-dealkylation sites (tertiary alicyclic amines) is 1. The maximum absolute atomic E-state index is 12.2. The van der Waals surface area contributed by atoms with Crippen molar-refractivity contribution in [3.63, 3.8) is 0 Å². The molecule has 0 saturated carbocycles. The number of rotatable bonds is 2. The van der Waals surface area contributed by atoms with Crippen LogP contribution in [0.1, 0.15) is 27.2 Å². The Balaban J connectivity index is 2.07. The molecule has 2 saturated heterocycles. The monoisotopic (exact) mass is 269 g/mol. The first-order chi connectivity index (χ1) is 8.73. The van der Waals surface area contributed by atoms with Gasteiger partial charge in [0.25, 0.3) is 5.91 Å². The molecule has 2 aliphatic rings. The molecular formula is C12H19N3O4. The maximum atomic E-state index is 12.2. The third kappa shape index (κ3) is 2.30. The Hall–Kier alpha value is -1.63. The third-order valence-corrected chi connectivity index (χ3v) is 3.86. The fourth-order valence-electron chi connectivity index (χ4n) is 2.54. The Morgan fingerprint density at radius 3 is 2.53 bits per heavy atom. The summed E-state index contributed by atoms with van der Waals surface area (Å²) in [6.07, 6.45) is 0.0290. The number of urea groups is 1. The molecule has 0 radical (unpaired) electrons. The zero-order valence-corrected chi connectivity index (χ0v) is 11.3. The van der Waals surface area contributed by atoms with E-state index in [2.05, 4.69) is 5.32 Å². The summed E-state index contributed by atoms with van der Waals surface area (Å²) in [5, 5.41) is 11.7. The minimum absolute atomic E-state index is 0.0491. The van der Waals surface area contributed by atoms with Gasteiger partial charge in [0.15, 0.2) is 0 Å². The zero-order valence-electron chi connectivity index (χ0n) is 11.3. The van der Waals surface area contributed by atoms with Crippen LogP contribution in [0.15, 0.2) is 0 Å². The molecule has 0 aromatic carbocycles. The van der Waals surface area contributed by atoms with Crippen LogP contribution < -0.4 is 5.32 Å². The van der Waals surface area contributed by atoms with E-state index in [1.165, 1.54) is 4.90 Å². The topological polar surface area (TPSA) is 89.9 Å². The number of carbonyl (C=O) groups excluding carboxylic acids is 3. The second kappa shape index (κ2) is 4.48. The quantitative estimate of drug-likeness (QED) is 0.649. The summed E-state index contributed by atoms with van der Waals surface area (Å²) in [5.41, 5.74) is -1.02. The molecule has 0 aliphatic carbocycles. The lowest BCUT2D eigenvalue weighted by atomic mass is 10.0. The molecule has 2 N–H and O–H groups in total. The zero-order chi connectivity index (χ0) is 14.4. The van der Waals surface area contributed by atoms with Gasteiger partial charge in [-0.05, 0) is 27.2 Å². The molecule has 4 amide bonds. The second-order valence-corrected chi connectivity index (χ2v) is 5.69. The van der Waals surface area contributed by atoms with Gasteiger partial charge in [-0.3, -0.25) is 14.9 Å². The molecule has 0 aromatic rings. The van der Waals surface area contributed by atoms with Gasteiger partial charge in [0.05, 0.1) is 6.10 Å². The lowest BCUT2D eigenvalue weighted by Crippen LogP contribution is -2.50. The number of aliphatic hydroxyl groups is 1. The van der Waals surface area contributed by atoms with Crippen molar-refractivity contribution in [2.45, 2.75) is 44.9 Å². The number of β-amino-alcohol motifs (C(OH)–C–C–N with tert-alkyl or cyclic N) is 1. The standard InChI is InChI=1S/C12H19N3O4/c1-7-4-8(16)5-14(7)9(17)6-15-11(19)13-10(18)12(15,2)3/h7-8,16H,4-6H2,1-3H3,(H,13,18,19). The van der Waals surface area contributed by atoms with Crippen molar-refractivity contribution < 1.29 is 19.5 Å². The van der Waals surface area contributed by atoms with Gasteiger partial charge < -0.3 is 14.9 Å². The Kier molecular flexibility index (Phi) is 3.25. The highest BCUT2D eigenvalue weighted by Gasteiger charge is 2.47. The molecule has 7 nitrogen and oxygen atoms in total. The first-order valence-corrected chi connectivity index (χ1v) is 6.34. The van der Waals surface area contributed by atoms with Crippen LogP contribution in [0.5, 0.6) is 0 Å². The van der Waals surface area contributed by atoms with Crippen LogP contribution in [0.4, 0.5) is 4.79 Å². The normalized spacial score (nSPS) is 29.9. The van der Waals surface area contributed by atoms with Crippen molar-refractivity contribution in [3.05, 3.63) is 0 Å². The molecule has 2 unspecified atom stereocenters. The van der Waals surface area contributed by atoms with Gasteiger partial charge in [-0.25, -0.2) is 4.79 Å². The van der Waals surface area contributed by atoms with Gasteiger partial charge in [0.2, 0.25) is 5.91 Å². The van der Waals surface area contributed by atoms with Crippen molar-refractivity contribution in [2.75, 3.05) is 13.1 Å². The number of amides is 4. The molecule has 0 aromatic heterocycles. The maximum Gasteiger partial charge on any atom is 0.325 e. The summed E-state index contributed by atoms with van der Waals surface area (Å²) in [4.78, 5) is 38.2.